The van der Waals surface area contributed by atoms with Gasteiger partial charge in [-0.05, 0) is 29.8 Å². The Morgan fingerprint density at radius 2 is 1.65 bits per heavy atom. The average Bonchev–Trinajstić information content (AvgIpc) is 3.13. The van der Waals surface area contributed by atoms with E-state index in [1.54, 1.807) is 19.2 Å². The third-order valence-corrected chi connectivity index (χ3v) is 3.71. The van der Waals surface area contributed by atoms with Gasteiger partial charge < -0.3 is 10.6 Å². The fraction of sp³-hybridized carbons (Fsp3) is 0.158. The summed E-state index contributed by atoms with van der Waals surface area (Å²) < 4.78 is 14.8. The number of para-hydroxylation sites is 1. The molecule has 0 saturated carbocycles. The molecule has 2 aromatic carbocycles. The third-order valence-electron chi connectivity index (χ3n) is 3.71. The van der Waals surface area contributed by atoms with E-state index < -0.39 is 0 Å². The van der Waals surface area contributed by atoms with Crippen molar-refractivity contribution in [3.05, 3.63) is 83.9 Å². The maximum absolute atomic E-state index is 12.9. The maximum atomic E-state index is 12.9. The molecule has 0 spiro atoms. The predicted molar refractivity (Wildman–Crippen MR) is 112 cm³/mol. The Balaban J connectivity index is 0.00000243. The van der Waals surface area contributed by atoms with Crippen molar-refractivity contribution in [3.63, 3.8) is 0 Å². The highest BCUT2D eigenvalue weighted by molar-refractivity contribution is 14.0. The Morgan fingerprint density at radius 1 is 1.00 bits per heavy atom. The number of benzene rings is 2. The molecule has 3 aromatic rings. The molecule has 0 bridgehead atoms. The van der Waals surface area contributed by atoms with Crippen molar-refractivity contribution >= 4 is 29.9 Å². The number of hydrogen-bond donors (Lipinski definition) is 2. The zero-order chi connectivity index (χ0) is 17.5. The van der Waals surface area contributed by atoms with Crippen LogP contribution in [0.15, 0.2) is 72.0 Å². The largest absolute Gasteiger partial charge is 0.352 e. The number of nitrogens with zero attached hydrogens (tertiary/aromatic N) is 3. The second-order valence-electron chi connectivity index (χ2n) is 5.53. The molecule has 1 aromatic heterocycles. The number of hydrogen-bond acceptors (Lipinski definition) is 2. The molecular formula is C19H21FIN5. The molecule has 136 valence electrons. The van der Waals surface area contributed by atoms with Crippen molar-refractivity contribution in [2.75, 3.05) is 7.05 Å². The van der Waals surface area contributed by atoms with Crippen LogP contribution >= 0.6 is 24.0 Å². The predicted octanol–water partition coefficient (Wildman–Crippen LogP) is 3.49. The van der Waals surface area contributed by atoms with Gasteiger partial charge >= 0.3 is 0 Å². The van der Waals surface area contributed by atoms with Crippen molar-refractivity contribution in [1.29, 1.82) is 0 Å². The van der Waals surface area contributed by atoms with Crippen molar-refractivity contribution in [1.82, 2.24) is 20.4 Å². The topological polar surface area (TPSA) is 54.2 Å². The molecule has 3 rings (SSSR count). The molecule has 2 N–H and O–H groups in total. The molecule has 26 heavy (non-hydrogen) atoms. The van der Waals surface area contributed by atoms with E-state index in [-0.39, 0.29) is 29.8 Å². The molecule has 0 amide bonds. The van der Waals surface area contributed by atoms with Crippen LogP contribution in [0.5, 0.6) is 0 Å². The summed E-state index contributed by atoms with van der Waals surface area (Å²) in [6, 6.07) is 16.4. The molecule has 0 atom stereocenters. The van der Waals surface area contributed by atoms with Gasteiger partial charge in [0.25, 0.3) is 0 Å². The molecule has 0 aliphatic heterocycles. The number of aromatic nitrogens is 2. The summed E-state index contributed by atoms with van der Waals surface area (Å²) in [5.41, 5.74) is 3.06. The summed E-state index contributed by atoms with van der Waals surface area (Å²) in [6.45, 7) is 1.18. The summed E-state index contributed by atoms with van der Waals surface area (Å²) in [5.74, 6) is 0.443. The fourth-order valence-corrected chi connectivity index (χ4v) is 2.37. The Labute approximate surface area is 169 Å². The lowest BCUT2D eigenvalue weighted by Crippen LogP contribution is -2.36. The molecule has 0 aliphatic rings. The number of aliphatic imine (C=N–C) groups is 1. The monoisotopic (exact) mass is 465 g/mol. The number of nitrogens with one attached hydrogen (secondary N) is 2. The van der Waals surface area contributed by atoms with Crippen LogP contribution in [-0.2, 0) is 13.1 Å². The van der Waals surface area contributed by atoms with E-state index in [9.17, 15) is 4.39 Å². The fourth-order valence-electron chi connectivity index (χ4n) is 2.37. The van der Waals surface area contributed by atoms with Gasteiger partial charge in [0, 0.05) is 31.9 Å². The third kappa shape index (κ3) is 5.55. The van der Waals surface area contributed by atoms with Gasteiger partial charge in [0.15, 0.2) is 5.96 Å². The van der Waals surface area contributed by atoms with E-state index >= 15 is 0 Å². The van der Waals surface area contributed by atoms with E-state index in [1.165, 1.54) is 12.1 Å². The summed E-state index contributed by atoms with van der Waals surface area (Å²) in [6.07, 6.45) is 3.81. The number of rotatable bonds is 5. The first-order chi connectivity index (χ1) is 12.2. The lowest BCUT2D eigenvalue weighted by atomic mass is 10.2. The minimum Gasteiger partial charge on any atom is -0.352 e. The van der Waals surface area contributed by atoms with Crippen molar-refractivity contribution in [2.24, 2.45) is 4.99 Å². The van der Waals surface area contributed by atoms with E-state index in [1.807, 2.05) is 47.4 Å². The van der Waals surface area contributed by atoms with Gasteiger partial charge in [-0.1, -0.05) is 30.3 Å². The van der Waals surface area contributed by atoms with Crippen LogP contribution < -0.4 is 10.6 Å². The van der Waals surface area contributed by atoms with Gasteiger partial charge in [-0.2, -0.15) is 5.10 Å². The molecule has 0 unspecified atom stereocenters. The smallest absolute Gasteiger partial charge is 0.191 e. The maximum Gasteiger partial charge on any atom is 0.191 e. The van der Waals surface area contributed by atoms with E-state index in [0.29, 0.717) is 19.0 Å². The lowest BCUT2D eigenvalue weighted by molar-refractivity contribution is 0.626. The Kier molecular flexibility index (Phi) is 7.58. The van der Waals surface area contributed by atoms with E-state index in [2.05, 4.69) is 20.7 Å². The van der Waals surface area contributed by atoms with Crippen molar-refractivity contribution in [2.45, 2.75) is 13.1 Å². The van der Waals surface area contributed by atoms with Crippen LogP contribution in [-0.4, -0.2) is 22.8 Å². The Bertz CT molecular complexity index is 831. The van der Waals surface area contributed by atoms with Gasteiger partial charge in [0.1, 0.15) is 5.82 Å². The molecule has 0 aliphatic carbocycles. The highest BCUT2D eigenvalue weighted by Crippen LogP contribution is 2.07. The molecule has 5 nitrogen and oxygen atoms in total. The number of guanidine groups is 1. The van der Waals surface area contributed by atoms with Gasteiger partial charge in [0.05, 0.1) is 11.9 Å². The van der Waals surface area contributed by atoms with Crippen LogP contribution in [0.1, 0.15) is 11.1 Å². The SMILES string of the molecule is CN=C(NCc1ccc(F)cc1)NCc1cnn(-c2ccccc2)c1.I. The van der Waals surface area contributed by atoms with Crippen LogP contribution in [0.3, 0.4) is 0 Å². The zero-order valence-electron chi connectivity index (χ0n) is 14.4. The zero-order valence-corrected chi connectivity index (χ0v) is 16.7. The van der Waals surface area contributed by atoms with Gasteiger partial charge in [-0.25, -0.2) is 9.07 Å². The minimum atomic E-state index is -0.235. The lowest BCUT2D eigenvalue weighted by Gasteiger charge is -2.11. The normalized spacial score (nSPS) is 10.9. The van der Waals surface area contributed by atoms with Gasteiger partial charge in [0.2, 0.25) is 0 Å². The number of halogens is 2. The first kappa shape index (κ1) is 19.9. The van der Waals surface area contributed by atoms with Crippen molar-refractivity contribution < 1.29 is 4.39 Å². The Hall–Kier alpha value is -2.42. The standard InChI is InChI=1S/C19H20FN5.HI/c1-21-19(22-11-15-7-9-17(20)10-8-15)23-12-16-13-24-25(14-16)18-5-3-2-4-6-18;/h2-10,13-14H,11-12H2,1H3,(H2,21,22,23);1H. The van der Waals surface area contributed by atoms with Crippen molar-refractivity contribution in [3.8, 4) is 5.69 Å². The summed E-state index contributed by atoms with van der Waals surface area (Å²) >= 11 is 0. The second-order valence-corrected chi connectivity index (χ2v) is 5.53. The first-order valence-electron chi connectivity index (χ1n) is 8.02. The summed E-state index contributed by atoms with van der Waals surface area (Å²) in [7, 11) is 1.72. The summed E-state index contributed by atoms with van der Waals surface area (Å²) in [5, 5.41) is 10.8. The van der Waals surface area contributed by atoms with Gasteiger partial charge in [-0.15, -0.1) is 24.0 Å². The summed E-state index contributed by atoms with van der Waals surface area (Å²) in [4.78, 5) is 4.19. The first-order valence-corrected chi connectivity index (χ1v) is 8.02. The highest BCUT2D eigenvalue weighted by atomic mass is 127. The highest BCUT2D eigenvalue weighted by Gasteiger charge is 2.03. The average molecular weight is 465 g/mol. The van der Waals surface area contributed by atoms with E-state index in [4.69, 9.17) is 0 Å². The minimum absolute atomic E-state index is 0. The Morgan fingerprint density at radius 3 is 2.31 bits per heavy atom. The molecular weight excluding hydrogens is 444 g/mol. The van der Waals surface area contributed by atoms with Crippen LogP contribution in [0.2, 0.25) is 0 Å². The quantitative estimate of drug-likeness (QED) is 0.345. The van der Waals surface area contributed by atoms with Crippen LogP contribution in [0, 0.1) is 5.82 Å². The molecule has 7 heteroatoms. The van der Waals surface area contributed by atoms with E-state index in [0.717, 1.165) is 16.8 Å². The molecule has 0 fully saturated rings. The molecule has 0 saturated heterocycles. The van der Waals surface area contributed by atoms with Crippen LogP contribution in [0.25, 0.3) is 5.69 Å². The second kappa shape index (κ2) is 9.91. The molecule has 0 radical (unpaired) electrons. The van der Waals surface area contributed by atoms with Gasteiger partial charge in [-0.3, -0.25) is 4.99 Å². The molecule has 1 heterocycles. The van der Waals surface area contributed by atoms with Crippen LogP contribution in [0.4, 0.5) is 4.39 Å².